The van der Waals surface area contributed by atoms with Crippen LogP contribution < -0.4 is 0 Å². The first-order chi connectivity index (χ1) is 36.7. The van der Waals surface area contributed by atoms with Crippen molar-refractivity contribution in [3.8, 4) is 90.8 Å². The largest absolute Gasteiger partial charge is 0.309 e. The van der Waals surface area contributed by atoms with Gasteiger partial charge in [0.1, 0.15) is 0 Å². The van der Waals surface area contributed by atoms with Crippen molar-refractivity contribution in [3.63, 3.8) is 0 Å². The van der Waals surface area contributed by atoms with E-state index in [-0.39, 0.29) is 0 Å². The van der Waals surface area contributed by atoms with Crippen molar-refractivity contribution in [1.82, 2.24) is 39.0 Å². The van der Waals surface area contributed by atoms with Gasteiger partial charge in [-0.2, -0.15) is 0 Å². The maximum absolute atomic E-state index is 5.45. The van der Waals surface area contributed by atoms with Crippen LogP contribution in [0.2, 0.25) is 0 Å². The molecule has 0 aliphatic heterocycles. The van der Waals surface area contributed by atoms with Crippen molar-refractivity contribution in [3.05, 3.63) is 255 Å². The molecule has 0 aliphatic carbocycles. The number of hydrogen-bond donors (Lipinski definition) is 0. The lowest BCUT2D eigenvalue weighted by molar-refractivity contribution is 1.07. The Hall–Kier alpha value is -10.2. The summed E-state index contributed by atoms with van der Waals surface area (Å²) in [6.45, 7) is 0. The summed E-state index contributed by atoms with van der Waals surface area (Å²) in [6.07, 6.45) is 0. The first kappa shape index (κ1) is 42.7. The summed E-state index contributed by atoms with van der Waals surface area (Å²) >= 11 is 0. The number of hydrogen-bond acceptors (Lipinski definition) is 6. The fourth-order valence-electron chi connectivity index (χ4n) is 10.5. The van der Waals surface area contributed by atoms with Gasteiger partial charge >= 0.3 is 0 Å². The van der Waals surface area contributed by atoms with Crippen molar-refractivity contribution in [2.45, 2.75) is 0 Å². The van der Waals surface area contributed by atoms with Crippen LogP contribution in [0.15, 0.2) is 255 Å². The van der Waals surface area contributed by atoms with Gasteiger partial charge in [-0.15, -0.1) is 0 Å². The van der Waals surface area contributed by atoms with Crippen molar-refractivity contribution in [2.75, 3.05) is 0 Å². The summed E-state index contributed by atoms with van der Waals surface area (Å²) < 4.78 is 4.69. The first-order valence-electron chi connectivity index (χ1n) is 24.7. The molecule has 4 heterocycles. The predicted molar refractivity (Wildman–Crippen MR) is 300 cm³/mol. The number of para-hydroxylation sites is 5. The van der Waals surface area contributed by atoms with Crippen molar-refractivity contribution in [2.24, 2.45) is 0 Å². The van der Waals surface area contributed by atoms with Gasteiger partial charge in [-0.3, -0.25) is 0 Å². The Balaban J connectivity index is 1.05. The molecular formula is C66H42N8. The predicted octanol–water partition coefficient (Wildman–Crippen LogP) is 15.9. The molecule has 0 unspecified atom stereocenters. The molecule has 0 bridgehead atoms. The highest BCUT2D eigenvalue weighted by molar-refractivity contribution is 6.16. The molecule has 8 nitrogen and oxygen atoms in total. The first-order valence-corrected chi connectivity index (χ1v) is 24.7. The molecule has 0 aliphatic rings. The van der Waals surface area contributed by atoms with Crippen LogP contribution in [0, 0.1) is 0 Å². The Morgan fingerprint density at radius 2 is 0.635 bits per heavy atom. The minimum Gasteiger partial charge on any atom is -0.309 e. The molecule has 8 heteroatoms. The molecular weight excluding hydrogens is 905 g/mol. The highest BCUT2D eigenvalue weighted by atomic mass is 15.1. The van der Waals surface area contributed by atoms with Crippen LogP contribution in [0.5, 0.6) is 0 Å². The van der Waals surface area contributed by atoms with E-state index in [2.05, 4.69) is 167 Å². The van der Waals surface area contributed by atoms with E-state index in [0.29, 0.717) is 34.9 Å². The standard InChI is InChI=1S/C66H42N8/c1-6-22-43(23-7-1)61-67-62(44-24-8-2-9-25-44)71-66(70-61)55-42-46(40-41-49(55)51-34-20-35-52-50-32-16-18-37-56(50)74(60(51)52)48-30-14-5-15-31-48)64-68-63(45-26-10-3-11-27-45)69-65(72-64)54-36-21-39-58-59(54)53-33-17-19-38-57(53)73(58)47-28-12-4-13-29-47/h1-42H. The third kappa shape index (κ3) is 7.31. The molecule has 14 rings (SSSR count). The van der Waals surface area contributed by atoms with Gasteiger partial charge in [0.05, 0.1) is 22.1 Å². The summed E-state index contributed by atoms with van der Waals surface area (Å²) in [6, 6.07) is 88.0. The zero-order valence-electron chi connectivity index (χ0n) is 39.8. The van der Waals surface area contributed by atoms with Crippen LogP contribution in [0.3, 0.4) is 0 Å². The van der Waals surface area contributed by atoms with E-state index in [9.17, 15) is 0 Å². The average Bonchev–Trinajstić information content (AvgIpc) is 4.01. The number of fused-ring (bicyclic) bond motifs is 6. The number of benzene rings is 10. The molecule has 0 amide bonds. The minimum atomic E-state index is 0.516. The fraction of sp³-hybridized carbons (Fsp3) is 0. The molecule has 0 saturated carbocycles. The molecule has 0 atom stereocenters. The minimum absolute atomic E-state index is 0.516. The van der Waals surface area contributed by atoms with Crippen molar-refractivity contribution in [1.29, 1.82) is 0 Å². The molecule has 0 saturated heterocycles. The average molecular weight is 947 g/mol. The lowest BCUT2D eigenvalue weighted by Crippen LogP contribution is -2.03. The molecule has 0 radical (unpaired) electrons. The maximum atomic E-state index is 5.45. The number of aromatic nitrogens is 8. The number of rotatable bonds is 9. The summed E-state index contributed by atoms with van der Waals surface area (Å²) in [4.78, 5) is 31.9. The van der Waals surface area contributed by atoms with E-state index < -0.39 is 0 Å². The third-order valence-corrected chi connectivity index (χ3v) is 13.8. The van der Waals surface area contributed by atoms with Gasteiger partial charge in [0.15, 0.2) is 34.9 Å². The summed E-state index contributed by atoms with van der Waals surface area (Å²) in [7, 11) is 0. The Bertz CT molecular complexity index is 4340. The highest BCUT2D eigenvalue weighted by Crippen LogP contribution is 2.44. The van der Waals surface area contributed by atoms with Gasteiger partial charge in [0.25, 0.3) is 0 Å². The summed E-state index contributed by atoms with van der Waals surface area (Å²) in [5.74, 6) is 3.30. The number of nitrogens with zero attached hydrogens (tertiary/aromatic N) is 8. The highest BCUT2D eigenvalue weighted by Gasteiger charge is 2.24. The zero-order valence-corrected chi connectivity index (χ0v) is 39.8. The lowest BCUT2D eigenvalue weighted by Gasteiger charge is -2.16. The Labute approximate surface area is 426 Å². The van der Waals surface area contributed by atoms with Gasteiger partial charge in [-0.25, -0.2) is 29.9 Å². The van der Waals surface area contributed by atoms with Gasteiger partial charge in [-0.05, 0) is 54.1 Å². The van der Waals surface area contributed by atoms with E-state index in [1.807, 2.05) is 97.1 Å². The molecule has 0 spiro atoms. The molecule has 346 valence electrons. The van der Waals surface area contributed by atoms with Crippen LogP contribution in [-0.2, 0) is 0 Å². The normalized spacial score (nSPS) is 11.5. The van der Waals surface area contributed by atoms with Gasteiger partial charge in [-0.1, -0.05) is 206 Å². The fourth-order valence-corrected chi connectivity index (χ4v) is 10.5. The quantitative estimate of drug-likeness (QED) is 0.143. The van der Waals surface area contributed by atoms with Crippen LogP contribution in [0.25, 0.3) is 134 Å². The molecule has 0 fully saturated rings. The maximum Gasteiger partial charge on any atom is 0.164 e. The zero-order chi connectivity index (χ0) is 49.0. The van der Waals surface area contributed by atoms with Crippen LogP contribution in [0.4, 0.5) is 0 Å². The van der Waals surface area contributed by atoms with E-state index in [1.54, 1.807) is 0 Å². The van der Waals surface area contributed by atoms with Gasteiger partial charge in [0.2, 0.25) is 0 Å². The van der Waals surface area contributed by atoms with Crippen LogP contribution in [-0.4, -0.2) is 39.0 Å². The Kier molecular flexibility index (Phi) is 10.3. The molecule has 14 aromatic rings. The summed E-state index contributed by atoms with van der Waals surface area (Å²) in [5.41, 5.74) is 13.6. The van der Waals surface area contributed by atoms with Crippen molar-refractivity contribution >= 4 is 43.6 Å². The lowest BCUT2D eigenvalue weighted by atomic mass is 9.94. The molecule has 10 aromatic carbocycles. The molecule has 74 heavy (non-hydrogen) atoms. The third-order valence-electron chi connectivity index (χ3n) is 13.8. The van der Waals surface area contributed by atoms with Crippen LogP contribution >= 0.6 is 0 Å². The SMILES string of the molecule is c1ccc(-c2nc(-c3ccccc3)nc(-c3cc(-c4nc(-c5ccccc5)nc(-c5cccc6c5c5ccccc5n6-c5ccccc5)n4)ccc3-c3cccc4c5ccccc5n(-c5ccccc5)c34)n2)cc1. The van der Waals surface area contributed by atoms with Gasteiger partial charge < -0.3 is 9.13 Å². The second-order valence-corrected chi connectivity index (χ2v) is 18.2. The Morgan fingerprint density at radius 1 is 0.230 bits per heavy atom. The van der Waals surface area contributed by atoms with Crippen LogP contribution in [0.1, 0.15) is 0 Å². The van der Waals surface area contributed by atoms with Crippen molar-refractivity contribution < 1.29 is 0 Å². The monoisotopic (exact) mass is 946 g/mol. The van der Waals surface area contributed by atoms with E-state index >= 15 is 0 Å². The smallest absolute Gasteiger partial charge is 0.164 e. The topological polar surface area (TPSA) is 87.2 Å². The molecule has 0 N–H and O–H groups in total. The second-order valence-electron chi connectivity index (χ2n) is 18.2. The Morgan fingerprint density at radius 3 is 1.22 bits per heavy atom. The summed E-state index contributed by atoms with van der Waals surface area (Å²) in [5, 5.41) is 4.47. The van der Waals surface area contributed by atoms with E-state index in [0.717, 1.165) is 99.5 Å². The van der Waals surface area contributed by atoms with Gasteiger partial charge in [0, 0.05) is 71.9 Å². The van der Waals surface area contributed by atoms with E-state index in [1.165, 1.54) is 0 Å². The second kappa shape index (κ2) is 17.9. The van der Waals surface area contributed by atoms with E-state index in [4.69, 9.17) is 29.9 Å². The molecule has 4 aromatic heterocycles.